The Kier molecular flexibility index (Phi) is 3.12. The molecule has 5 heteroatoms. The first kappa shape index (κ1) is 12.6. The first-order valence-corrected chi connectivity index (χ1v) is 6.72. The van der Waals surface area contributed by atoms with Crippen LogP contribution in [0.1, 0.15) is 26.0 Å². The molecule has 20 heavy (non-hydrogen) atoms. The Morgan fingerprint density at radius 1 is 1.10 bits per heavy atom. The number of fused-ring (bicyclic) bond motifs is 1. The van der Waals surface area contributed by atoms with E-state index in [-0.39, 0.29) is 17.3 Å². The topological polar surface area (TPSA) is 56.5 Å². The number of thiophene rings is 1. The second-order valence-corrected chi connectivity index (χ2v) is 5.22. The fourth-order valence-corrected chi connectivity index (χ4v) is 2.89. The maximum atomic E-state index is 12.3. The number of carbonyl (C=O) groups is 2. The minimum absolute atomic E-state index is 0.0250. The van der Waals surface area contributed by atoms with Gasteiger partial charge < -0.3 is 9.15 Å². The van der Waals surface area contributed by atoms with Gasteiger partial charge in [-0.2, -0.15) is 0 Å². The molecule has 0 N–H and O–H groups in total. The van der Waals surface area contributed by atoms with E-state index in [0.29, 0.717) is 4.88 Å². The maximum Gasteiger partial charge on any atom is 0.373 e. The molecule has 4 nitrogen and oxygen atoms in total. The molecule has 1 aromatic carbocycles. The zero-order chi connectivity index (χ0) is 14.1. The van der Waals surface area contributed by atoms with Gasteiger partial charge in [-0.3, -0.25) is 4.79 Å². The van der Waals surface area contributed by atoms with Crippen molar-refractivity contribution in [2.45, 2.75) is 0 Å². The first-order valence-electron chi connectivity index (χ1n) is 5.90. The van der Waals surface area contributed by atoms with E-state index in [2.05, 4.69) is 4.74 Å². The average Bonchev–Trinajstić information content (AvgIpc) is 3.12. The molecule has 0 unspecified atom stereocenters. The van der Waals surface area contributed by atoms with Crippen LogP contribution >= 0.6 is 11.3 Å². The van der Waals surface area contributed by atoms with Gasteiger partial charge in [-0.25, -0.2) is 4.79 Å². The van der Waals surface area contributed by atoms with Gasteiger partial charge in [-0.1, -0.05) is 18.2 Å². The van der Waals surface area contributed by atoms with Crippen LogP contribution in [0.25, 0.3) is 10.1 Å². The number of esters is 1. The lowest BCUT2D eigenvalue weighted by Crippen LogP contribution is -1.99. The van der Waals surface area contributed by atoms with Gasteiger partial charge in [0.1, 0.15) is 0 Å². The summed E-state index contributed by atoms with van der Waals surface area (Å²) >= 11 is 1.40. The Balaban J connectivity index is 1.95. The van der Waals surface area contributed by atoms with Gasteiger partial charge in [-0.15, -0.1) is 11.3 Å². The van der Waals surface area contributed by atoms with E-state index in [0.717, 1.165) is 10.1 Å². The highest BCUT2D eigenvalue weighted by molar-refractivity contribution is 7.21. The molecule has 0 aliphatic rings. The third-order valence-electron chi connectivity index (χ3n) is 2.87. The van der Waals surface area contributed by atoms with Crippen molar-refractivity contribution in [2.75, 3.05) is 7.11 Å². The summed E-state index contributed by atoms with van der Waals surface area (Å²) in [5.74, 6) is -0.671. The van der Waals surface area contributed by atoms with Crippen molar-refractivity contribution in [3.8, 4) is 0 Å². The molecule has 0 fully saturated rings. The molecule has 100 valence electrons. The number of furan rings is 1. The lowest BCUT2D eigenvalue weighted by Gasteiger charge is -1.94. The van der Waals surface area contributed by atoms with E-state index < -0.39 is 5.97 Å². The van der Waals surface area contributed by atoms with Gasteiger partial charge in [0.25, 0.3) is 0 Å². The van der Waals surface area contributed by atoms with Crippen molar-refractivity contribution in [2.24, 2.45) is 0 Å². The van der Waals surface area contributed by atoms with Crippen molar-refractivity contribution < 1.29 is 18.7 Å². The van der Waals surface area contributed by atoms with Crippen LogP contribution in [-0.2, 0) is 4.74 Å². The number of benzene rings is 1. The molecular weight excluding hydrogens is 276 g/mol. The summed E-state index contributed by atoms with van der Waals surface area (Å²) in [6.07, 6.45) is 0. The molecule has 3 rings (SSSR count). The lowest BCUT2D eigenvalue weighted by molar-refractivity contribution is 0.0563. The number of carbonyl (C=O) groups excluding carboxylic acids is 2. The van der Waals surface area contributed by atoms with Crippen LogP contribution < -0.4 is 0 Å². The third kappa shape index (κ3) is 2.12. The summed E-state index contributed by atoms with van der Waals surface area (Å²) in [5, 5.41) is 1.01. The SMILES string of the molecule is COC(=O)c1ccc(C(=O)c2cc3ccccc3s2)o1. The normalized spacial score (nSPS) is 10.7. The minimum Gasteiger partial charge on any atom is -0.463 e. The third-order valence-corrected chi connectivity index (χ3v) is 3.98. The Hall–Kier alpha value is -2.40. The lowest BCUT2D eigenvalue weighted by atomic mass is 10.2. The Labute approximate surface area is 118 Å². The molecule has 0 saturated carbocycles. The standard InChI is InChI=1S/C15H10O4S/c1-18-15(17)11-7-6-10(19-11)14(16)13-8-9-4-2-3-5-12(9)20-13/h2-8H,1H3. The van der Waals surface area contributed by atoms with E-state index >= 15 is 0 Å². The largest absolute Gasteiger partial charge is 0.463 e. The molecule has 0 atom stereocenters. The van der Waals surface area contributed by atoms with Crippen molar-refractivity contribution in [1.29, 1.82) is 0 Å². The molecule has 0 aliphatic heterocycles. The van der Waals surface area contributed by atoms with Crippen LogP contribution in [0.5, 0.6) is 0 Å². The smallest absolute Gasteiger partial charge is 0.373 e. The summed E-state index contributed by atoms with van der Waals surface area (Å²) in [7, 11) is 1.26. The van der Waals surface area contributed by atoms with Gasteiger partial charge in [0.15, 0.2) is 5.76 Å². The van der Waals surface area contributed by atoms with Gasteiger partial charge in [-0.05, 0) is 29.7 Å². The van der Waals surface area contributed by atoms with Crippen LogP contribution in [0.3, 0.4) is 0 Å². The molecule has 0 bridgehead atoms. The molecular formula is C15H10O4S. The van der Waals surface area contributed by atoms with Gasteiger partial charge in [0.2, 0.25) is 11.5 Å². The van der Waals surface area contributed by atoms with E-state index in [9.17, 15) is 9.59 Å². The average molecular weight is 286 g/mol. The van der Waals surface area contributed by atoms with E-state index in [4.69, 9.17) is 4.42 Å². The maximum absolute atomic E-state index is 12.3. The number of hydrogen-bond donors (Lipinski definition) is 0. The molecule has 0 amide bonds. The van der Waals surface area contributed by atoms with Crippen LogP contribution in [0, 0.1) is 0 Å². The first-order chi connectivity index (χ1) is 9.69. The van der Waals surface area contributed by atoms with Crippen molar-refractivity contribution in [3.05, 3.63) is 58.9 Å². The van der Waals surface area contributed by atoms with Crippen LogP contribution in [0.2, 0.25) is 0 Å². The Bertz CT molecular complexity index is 764. The number of ketones is 1. The van der Waals surface area contributed by atoms with Crippen LogP contribution in [0.4, 0.5) is 0 Å². The van der Waals surface area contributed by atoms with E-state index in [1.807, 2.05) is 30.3 Å². The van der Waals surface area contributed by atoms with E-state index in [1.54, 1.807) is 0 Å². The molecule has 0 spiro atoms. The highest BCUT2D eigenvalue weighted by Crippen LogP contribution is 2.27. The quantitative estimate of drug-likeness (QED) is 0.546. The second kappa shape index (κ2) is 4.94. The zero-order valence-electron chi connectivity index (χ0n) is 10.6. The van der Waals surface area contributed by atoms with Crippen LogP contribution in [0.15, 0.2) is 46.9 Å². The number of rotatable bonds is 3. The second-order valence-electron chi connectivity index (χ2n) is 4.13. The Morgan fingerprint density at radius 3 is 2.60 bits per heavy atom. The minimum atomic E-state index is -0.597. The summed E-state index contributed by atoms with van der Waals surface area (Å²) in [4.78, 5) is 24.2. The zero-order valence-corrected chi connectivity index (χ0v) is 11.4. The van der Waals surface area contributed by atoms with E-state index in [1.165, 1.54) is 30.6 Å². The summed E-state index contributed by atoms with van der Waals surface area (Å²) in [6.45, 7) is 0. The summed E-state index contributed by atoms with van der Waals surface area (Å²) in [5.41, 5.74) is 0. The predicted octanol–water partition coefficient (Wildman–Crippen LogP) is 3.51. The Morgan fingerprint density at radius 2 is 1.85 bits per heavy atom. The number of ether oxygens (including phenoxy) is 1. The highest BCUT2D eigenvalue weighted by Gasteiger charge is 2.19. The van der Waals surface area contributed by atoms with Crippen molar-refractivity contribution in [1.82, 2.24) is 0 Å². The highest BCUT2D eigenvalue weighted by atomic mass is 32.1. The fraction of sp³-hybridized carbons (Fsp3) is 0.0667. The molecule has 2 aromatic heterocycles. The monoisotopic (exact) mass is 286 g/mol. The van der Waals surface area contributed by atoms with Gasteiger partial charge >= 0.3 is 5.97 Å². The molecule has 0 saturated heterocycles. The van der Waals surface area contributed by atoms with Gasteiger partial charge in [0.05, 0.1) is 12.0 Å². The summed E-state index contributed by atoms with van der Waals surface area (Å²) in [6, 6.07) is 12.5. The molecule has 2 heterocycles. The van der Waals surface area contributed by atoms with Crippen molar-refractivity contribution >= 4 is 33.2 Å². The molecule has 0 aliphatic carbocycles. The number of methoxy groups -OCH3 is 1. The van der Waals surface area contributed by atoms with Crippen LogP contribution in [-0.4, -0.2) is 18.9 Å². The molecule has 0 radical (unpaired) electrons. The molecule has 3 aromatic rings. The number of hydrogen-bond acceptors (Lipinski definition) is 5. The summed E-state index contributed by atoms with van der Waals surface area (Å²) < 4.78 is 10.8. The van der Waals surface area contributed by atoms with Gasteiger partial charge in [0, 0.05) is 4.70 Å². The fourth-order valence-electron chi connectivity index (χ4n) is 1.89. The van der Waals surface area contributed by atoms with Crippen molar-refractivity contribution in [3.63, 3.8) is 0 Å². The predicted molar refractivity (Wildman–Crippen MR) is 75.3 cm³/mol.